The van der Waals surface area contributed by atoms with Crippen LogP contribution in [-0.2, 0) is 11.3 Å². The van der Waals surface area contributed by atoms with Crippen LogP contribution in [0.3, 0.4) is 0 Å². The zero-order valence-corrected chi connectivity index (χ0v) is 13.9. The third-order valence-corrected chi connectivity index (χ3v) is 5.24. The minimum atomic E-state index is 0.370. The van der Waals surface area contributed by atoms with Crippen LogP contribution in [0.25, 0.3) is 0 Å². The van der Waals surface area contributed by atoms with Gasteiger partial charge in [-0.25, -0.2) is 0 Å². The van der Waals surface area contributed by atoms with Crippen LogP contribution < -0.4 is 5.32 Å². The number of aryl methyl sites for hydroxylation is 1. The average molecular weight is 297 g/mol. The molecule has 2 rings (SSSR count). The predicted octanol–water partition coefficient (Wildman–Crippen LogP) is 2.69. The van der Waals surface area contributed by atoms with Crippen molar-refractivity contribution >= 4 is 11.8 Å². The molecule has 0 aromatic carbocycles. The maximum Gasteiger partial charge on any atom is 0.0658 e. The van der Waals surface area contributed by atoms with Crippen LogP contribution in [0.15, 0.2) is 0 Å². The van der Waals surface area contributed by atoms with E-state index in [1.807, 2.05) is 0 Å². The predicted molar refractivity (Wildman–Crippen MR) is 85.5 cm³/mol. The summed E-state index contributed by atoms with van der Waals surface area (Å²) < 4.78 is 7.22. The Hall–Kier alpha value is -0.520. The maximum atomic E-state index is 5.15. The van der Waals surface area contributed by atoms with Crippen molar-refractivity contribution < 1.29 is 4.74 Å². The van der Waals surface area contributed by atoms with Gasteiger partial charge in [-0.2, -0.15) is 16.9 Å². The monoisotopic (exact) mass is 297 g/mol. The Morgan fingerprint density at radius 1 is 1.50 bits per heavy atom. The lowest BCUT2D eigenvalue weighted by molar-refractivity contribution is 0.182. The quantitative estimate of drug-likeness (QED) is 0.876. The lowest BCUT2D eigenvalue weighted by atomic mass is 10.0. The second-order valence-corrected chi connectivity index (χ2v) is 6.75. The largest absolute Gasteiger partial charge is 0.383 e. The molecule has 0 unspecified atom stereocenters. The minimum absolute atomic E-state index is 0.370. The first-order chi connectivity index (χ1) is 9.63. The fraction of sp³-hybridized carbons (Fsp3) is 0.800. The van der Waals surface area contributed by atoms with E-state index in [0.29, 0.717) is 18.7 Å². The molecular formula is C15H27N3OS. The molecule has 1 N–H and O–H groups in total. The molecule has 2 heterocycles. The molecule has 0 aliphatic carbocycles. The van der Waals surface area contributed by atoms with Crippen molar-refractivity contribution in [2.24, 2.45) is 0 Å². The fourth-order valence-electron chi connectivity index (χ4n) is 3.04. The van der Waals surface area contributed by atoms with E-state index in [-0.39, 0.29) is 0 Å². The number of nitrogens with one attached hydrogen (secondary N) is 1. The van der Waals surface area contributed by atoms with Gasteiger partial charge in [-0.3, -0.25) is 4.68 Å². The highest BCUT2D eigenvalue weighted by molar-refractivity contribution is 7.99. The molecule has 0 amide bonds. The van der Waals surface area contributed by atoms with Crippen LogP contribution in [0.2, 0.25) is 0 Å². The molecule has 0 bridgehead atoms. The van der Waals surface area contributed by atoms with Gasteiger partial charge in [0.2, 0.25) is 0 Å². The summed E-state index contributed by atoms with van der Waals surface area (Å²) in [6.07, 6.45) is 2.63. The second kappa shape index (κ2) is 7.48. The zero-order chi connectivity index (χ0) is 14.5. The van der Waals surface area contributed by atoms with Gasteiger partial charge in [-0.1, -0.05) is 0 Å². The number of methoxy groups -OCH3 is 1. The van der Waals surface area contributed by atoms with E-state index < -0.39 is 0 Å². The van der Waals surface area contributed by atoms with E-state index in [4.69, 9.17) is 4.74 Å². The molecule has 1 aromatic heterocycles. The first-order valence-corrected chi connectivity index (χ1v) is 8.65. The van der Waals surface area contributed by atoms with Crippen molar-refractivity contribution in [2.45, 2.75) is 52.2 Å². The van der Waals surface area contributed by atoms with Gasteiger partial charge in [-0.05, 0) is 39.4 Å². The normalized spacial score (nSPS) is 21.1. The number of hydrogen-bond acceptors (Lipinski definition) is 4. The Labute approximate surface area is 126 Å². The van der Waals surface area contributed by atoms with Crippen LogP contribution in [0.1, 0.15) is 42.8 Å². The first-order valence-electron chi connectivity index (χ1n) is 7.50. The summed E-state index contributed by atoms with van der Waals surface area (Å²) in [5, 5.41) is 8.43. The van der Waals surface area contributed by atoms with Gasteiger partial charge < -0.3 is 10.1 Å². The summed E-state index contributed by atoms with van der Waals surface area (Å²) in [7, 11) is 1.73. The SMILES string of the molecule is COCCn1nc(C)c([C@@H](C)N[C@H]2CCCSC2)c1C. The van der Waals surface area contributed by atoms with Gasteiger partial charge in [0.05, 0.1) is 18.8 Å². The van der Waals surface area contributed by atoms with E-state index in [9.17, 15) is 0 Å². The standard InChI is InChI=1S/C15H27N3OS/c1-11(16-14-6-5-9-20-10-14)15-12(2)17-18(13(15)3)7-8-19-4/h11,14,16H,5-10H2,1-4H3/t11-,14+/m1/s1. The maximum absolute atomic E-state index is 5.15. The molecule has 114 valence electrons. The van der Waals surface area contributed by atoms with Crippen molar-refractivity contribution in [1.29, 1.82) is 0 Å². The van der Waals surface area contributed by atoms with Crippen molar-refractivity contribution in [1.82, 2.24) is 15.1 Å². The molecule has 4 nitrogen and oxygen atoms in total. The summed E-state index contributed by atoms with van der Waals surface area (Å²) in [5.74, 6) is 2.56. The topological polar surface area (TPSA) is 39.1 Å². The van der Waals surface area contributed by atoms with Crippen LogP contribution in [0, 0.1) is 13.8 Å². The Bertz CT molecular complexity index is 427. The van der Waals surface area contributed by atoms with E-state index in [1.165, 1.54) is 35.6 Å². The third-order valence-electron chi connectivity index (χ3n) is 4.02. The number of nitrogens with zero attached hydrogens (tertiary/aromatic N) is 2. The van der Waals surface area contributed by atoms with E-state index in [0.717, 1.165) is 12.2 Å². The van der Waals surface area contributed by atoms with Gasteiger partial charge in [0, 0.05) is 36.2 Å². The number of rotatable bonds is 6. The summed E-state index contributed by atoms with van der Waals surface area (Å²) >= 11 is 2.07. The molecule has 1 fully saturated rings. The molecule has 0 spiro atoms. The zero-order valence-electron chi connectivity index (χ0n) is 13.1. The Morgan fingerprint density at radius 3 is 2.95 bits per heavy atom. The minimum Gasteiger partial charge on any atom is -0.383 e. The summed E-state index contributed by atoms with van der Waals surface area (Å²) in [6, 6.07) is 1.01. The average Bonchev–Trinajstić information content (AvgIpc) is 2.72. The van der Waals surface area contributed by atoms with Gasteiger partial charge >= 0.3 is 0 Å². The number of ether oxygens (including phenoxy) is 1. The molecule has 2 atom stereocenters. The summed E-state index contributed by atoms with van der Waals surface area (Å²) in [5.41, 5.74) is 3.77. The van der Waals surface area contributed by atoms with Crippen molar-refractivity contribution in [3.63, 3.8) is 0 Å². The highest BCUT2D eigenvalue weighted by Crippen LogP contribution is 2.24. The van der Waals surface area contributed by atoms with E-state index >= 15 is 0 Å². The smallest absolute Gasteiger partial charge is 0.0658 e. The van der Waals surface area contributed by atoms with Crippen LogP contribution in [0.4, 0.5) is 0 Å². The number of hydrogen-bond donors (Lipinski definition) is 1. The molecular weight excluding hydrogens is 270 g/mol. The highest BCUT2D eigenvalue weighted by atomic mass is 32.2. The molecule has 0 radical (unpaired) electrons. The number of thioether (sulfide) groups is 1. The van der Waals surface area contributed by atoms with Gasteiger partial charge in [0.1, 0.15) is 0 Å². The molecule has 1 aliphatic heterocycles. The lowest BCUT2D eigenvalue weighted by Gasteiger charge is -2.26. The summed E-state index contributed by atoms with van der Waals surface area (Å²) in [4.78, 5) is 0. The second-order valence-electron chi connectivity index (χ2n) is 5.60. The molecule has 0 saturated carbocycles. The van der Waals surface area contributed by atoms with Crippen molar-refractivity contribution in [3.05, 3.63) is 17.0 Å². The Kier molecular flexibility index (Phi) is 5.93. The lowest BCUT2D eigenvalue weighted by Crippen LogP contribution is -2.36. The molecule has 5 heteroatoms. The third kappa shape index (κ3) is 3.77. The van der Waals surface area contributed by atoms with E-state index in [2.05, 4.69) is 47.6 Å². The van der Waals surface area contributed by atoms with Gasteiger partial charge in [-0.15, -0.1) is 0 Å². The molecule has 20 heavy (non-hydrogen) atoms. The summed E-state index contributed by atoms with van der Waals surface area (Å²) in [6.45, 7) is 8.08. The van der Waals surface area contributed by atoms with Crippen LogP contribution in [-0.4, -0.2) is 41.0 Å². The van der Waals surface area contributed by atoms with Crippen LogP contribution >= 0.6 is 11.8 Å². The molecule has 1 aromatic rings. The first kappa shape index (κ1) is 15.9. The highest BCUT2D eigenvalue weighted by Gasteiger charge is 2.21. The Morgan fingerprint density at radius 2 is 2.30 bits per heavy atom. The number of aromatic nitrogens is 2. The van der Waals surface area contributed by atoms with Crippen LogP contribution in [0.5, 0.6) is 0 Å². The van der Waals surface area contributed by atoms with E-state index in [1.54, 1.807) is 7.11 Å². The van der Waals surface area contributed by atoms with Gasteiger partial charge in [0.25, 0.3) is 0 Å². The molecule has 1 aliphatic rings. The fourth-order valence-corrected chi connectivity index (χ4v) is 4.13. The van der Waals surface area contributed by atoms with Crippen molar-refractivity contribution in [2.75, 3.05) is 25.2 Å². The molecule has 1 saturated heterocycles. The van der Waals surface area contributed by atoms with Crippen molar-refractivity contribution in [3.8, 4) is 0 Å². The van der Waals surface area contributed by atoms with Gasteiger partial charge in [0.15, 0.2) is 0 Å². The Balaban J connectivity index is 2.04.